The fraction of sp³-hybridized carbons (Fsp3) is 0.625. The van der Waals surface area contributed by atoms with E-state index in [0.29, 0.717) is 19.8 Å². The molecule has 0 N–H and O–H groups in total. The van der Waals surface area contributed by atoms with Crippen molar-refractivity contribution >= 4 is 5.97 Å². The van der Waals surface area contributed by atoms with Crippen LogP contribution in [0.4, 0.5) is 0 Å². The molecular formula is C8H12O3. The minimum Gasteiger partial charge on any atom is -0.465 e. The SMILES string of the molecule is CC(=O)OCC1C=CCOC1. The first-order chi connectivity index (χ1) is 5.29. The number of rotatable bonds is 2. The molecule has 1 heterocycles. The van der Waals surface area contributed by atoms with Crippen molar-refractivity contribution in [2.75, 3.05) is 19.8 Å². The van der Waals surface area contributed by atoms with Gasteiger partial charge in [0.1, 0.15) is 0 Å². The van der Waals surface area contributed by atoms with Crippen LogP contribution in [0.3, 0.4) is 0 Å². The Morgan fingerprint density at radius 2 is 2.64 bits per heavy atom. The van der Waals surface area contributed by atoms with Gasteiger partial charge in [-0.05, 0) is 0 Å². The van der Waals surface area contributed by atoms with Gasteiger partial charge < -0.3 is 9.47 Å². The average molecular weight is 156 g/mol. The second kappa shape index (κ2) is 4.13. The lowest BCUT2D eigenvalue weighted by Gasteiger charge is -2.15. The summed E-state index contributed by atoms with van der Waals surface area (Å²) in [5.74, 6) is 0.0108. The second-order valence-electron chi connectivity index (χ2n) is 2.53. The summed E-state index contributed by atoms with van der Waals surface area (Å²) in [7, 11) is 0. The molecule has 1 rings (SSSR count). The standard InChI is InChI=1S/C8H12O3/c1-7(9)11-6-8-3-2-4-10-5-8/h2-3,8H,4-6H2,1H3. The Balaban J connectivity index is 2.20. The molecule has 0 amide bonds. The van der Waals surface area contributed by atoms with E-state index < -0.39 is 0 Å². The highest BCUT2D eigenvalue weighted by Crippen LogP contribution is 2.05. The molecule has 0 aliphatic carbocycles. The summed E-state index contributed by atoms with van der Waals surface area (Å²) in [4.78, 5) is 10.4. The lowest BCUT2D eigenvalue weighted by atomic mass is 10.1. The van der Waals surface area contributed by atoms with Crippen LogP contribution >= 0.6 is 0 Å². The van der Waals surface area contributed by atoms with E-state index in [1.54, 1.807) is 0 Å². The molecule has 62 valence electrons. The number of ether oxygens (including phenoxy) is 2. The molecular weight excluding hydrogens is 144 g/mol. The zero-order chi connectivity index (χ0) is 8.10. The first-order valence-corrected chi connectivity index (χ1v) is 3.67. The molecule has 0 saturated heterocycles. The van der Waals surface area contributed by atoms with Gasteiger partial charge in [-0.3, -0.25) is 4.79 Å². The number of carbonyl (C=O) groups is 1. The van der Waals surface area contributed by atoms with E-state index in [4.69, 9.17) is 9.47 Å². The molecule has 0 aromatic rings. The van der Waals surface area contributed by atoms with Crippen molar-refractivity contribution in [3.63, 3.8) is 0 Å². The fourth-order valence-electron chi connectivity index (χ4n) is 0.919. The van der Waals surface area contributed by atoms with E-state index >= 15 is 0 Å². The average Bonchev–Trinajstić information content (AvgIpc) is 2.03. The van der Waals surface area contributed by atoms with Crippen LogP contribution in [0, 0.1) is 5.92 Å². The first-order valence-electron chi connectivity index (χ1n) is 3.67. The first kappa shape index (κ1) is 8.27. The van der Waals surface area contributed by atoms with E-state index in [-0.39, 0.29) is 11.9 Å². The lowest BCUT2D eigenvalue weighted by Crippen LogP contribution is -2.18. The largest absolute Gasteiger partial charge is 0.465 e. The molecule has 0 aromatic heterocycles. The maximum absolute atomic E-state index is 10.4. The third-order valence-electron chi connectivity index (χ3n) is 1.45. The number of carbonyl (C=O) groups excluding carboxylic acids is 1. The summed E-state index contributed by atoms with van der Waals surface area (Å²) in [5, 5.41) is 0. The topological polar surface area (TPSA) is 35.5 Å². The van der Waals surface area contributed by atoms with Gasteiger partial charge in [0.15, 0.2) is 0 Å². The van der Waals surface area contributed by atoms with Crippen molar-refractivity contribution in [1.82, 2.24) is 0 Å². The number of hydrogen-bond donors (Lipinski definition) is 0. The molecule has 0 spiro atoms. The van der Waals surface area contributed by atoms with Crippen LogP contribution in [0.5, 0.6) is 0 Å². The van der Waals surface area contributed by atoms with Gasteiger partial charge in [-0.2, -0.15) is 0 Å². The van der Waals surface area contributed by atoms with Gasteiger partial charge in [0.05, 0.1) is 19.8 Å². The van der Waals surface area contributed by atoms with Crippen molar-refractivity contribution in [3.8, 4) is 0 Å². The Morgan fingerprint density at radius 1 is 1.82 bits per heavy atom. The highest BCUT2D eigenvalue weighted by Gasteiger charge is 2.09. The van der Waals surface area contributed by atoms with Gasteiger partial charge in [-0.15, -0.1) is 0 Å². The summed E-state index contributed by atoms with van der Waals surface area (Å²) in [6.45, 7) is 3.18. The van der Waals surface area contributed by atoms with Crippen LogP contribution in [-0.4, -0.2) is 25.8 Å². The predicted molar refractivity (Wildman–Crippen MR) is 40.1 cm³/mol. The van der Waals surface area contributed by atoms with Crippen molar-refractivity contribution in [2.45, 2.75) is 6.92 Å². The lowest BCUT2D eigenvalue weighted by molar-refractivity contribution is -0.142. The van der Waals surface area contributed by atoms with E-state index in [0.717, 1.165) is 0 Å². The molecule has 0 aromatic carbocycles. The zero-order valence-corrected chi connectivity index (χ0v) is 6.58. The number of hydrogen-bond acceptors (Lipinski definition) is 3. The minimum atomic E-state index is -0.232. The molecule has 3 heteroatoms. The molecule has 0 bridgehead atoms. The van der Waals surface area contributed by atoms with E-state index in [1.807, 2.05) is 12.2 Å². The summed E-state index contributed by atoms with van der Waals surface area (Å²) in [5.41, 5.74) is 0. The molecule has 1 aliphatic rings. The molecule has 3 nitrogen and oxygen atoms in total. The van der Waals surface area contributed by atoms with Crippen LogP contribution in [0.15, 0.2) is 12.2 Å². The van der Waals surface area contributed by atoms with Crippen LogP contribution in [0.25, 0.3) is 0 Å². The van der Waals surface area contributed by atoms with Gasteiger partial charge in [0.2, 0.25) is 0 Å². The molecule has 0 radical (unpaired) electrons. The Labute approximate surface area is 66.0 Å². The van der Waals surface area contributed by atoms with Gasteiger partial charge >= 0.3 is 5.97 Å². The van der Waals surface area contributed by atoms with Gasteiger partial charge in [0, 0.05) is 12.8 Å². The summed E-state index contributed by atoms with van der Waals surface area (Å²) in [6.07, 6.45) is 3.96. The van der Waals surface area contributed by atoms with Crippen molar-refractivity contribution in [1.29, 1.82) is 0 Å². The van der Waals surface area contributed by atoms with E-state index in [2.05, 4.69) is 0 Å². The zero-order valence-electron chi connectivity index (χ0n) is 6.58. The molecule has 11 heavy (non-hydrogen) atoms. The number of esters is 1. The summed E-state index contributed by atoms with van der Waals surface area (Å²) < 4.78 is 9.95. The van der Waals surface area contributed by atoms with Crippen molar-refractivity contribution in [3.05, 3.63) is 12.2 Å². The maximum Gasteiger partial charge on any atom is 0.302 e. The smallest absolute Gasteiger partial charge is 0.302 e. The van der Waals surface area contributed by atoms with Gasteiger partial charge in [-0.1, -0.05) is 12.2 Å². The van der Waals surface area contributed by atoms with Crippen LogP contribution in [0.1, 0.15) is 6.92 Å². The third-order valence-corrected chi connectivity index (χ3v) is 1.45. The van der Waals surface area contributed by atoms with Crippen LogP contribution in [0.2, 0.25) is 0 Å². The fourth-order valence-corrected chi connectivity index (χ4v) is 0.919. The molecule has 1 aliphatic heterocycles. The Hall–Kier alpha value is -0.830. The Bertz CT molecular complexity index is 163. The second-order valence-corrected chi connectivity index (χ2v) is 2.53. The Kier molecular flexibility index (Phi) is 3.11. The molecule has 1 unspecified atom stereocenters. The molecule has 0 saturated carbocycles. The monoisotopic (exact) mass is 156 g/mol. The van der Waals surface area contributed by atoms with Crippen molar-refractivity contribution in [2.24, 2.45) is 5.92 Å². The van der Waals surface area contributed by atoms with Crippen molar-refractivity contribution < 1.29 is 14.3 Å². The summed E-state index contributed by atoms with van der Waals surface area (Å²) >= 11 is 0. The maximum atomic E-state index is 10.4. The quantitative estimate of drug-likeness (QED) is 0.437. The Morgan fingerprint density at radius 3 is 3.18 bits per heavy atom. The highest BCUT2D eigenvalue weighted by molar-refractivity contribution is 5.65. The van der Waals surface area contributed by atoms with Gasteiger partial charge in [-0.25, -0.2) is 0 Å². The van der Waals surface area contributed by atoms with Gasteiger partial charge in [0.25, 0.3) is 0 Å². The third kappa shape index (κ3) is 3.18. The van der Waals surface area contributed by atoms with Crippen LogP contribution in [-0.2, 0) is 14.3 Å². The van der Waals surface area contributed by atoms with Crippen LogP contribution < -0.4 is 0 Å². The molecule has 1 atom stereocenters. The minimum absolute atomic E-state index is 0.232. The van der Waals surface area contributed by atoms with E-state index in [9.17, 15) is 4.79 Å². The molecule has 0 fully saturated rings. The van der Waals surface area contributed by atoms with E-state index in [1.165, 1.54) is 6.92 Å². The highest BCUT2D eigenvalue weighted by atomic mass is 16.5. The normalized spacial score (nSPS) is 23.2. The summed E-state index contributed by atoms with van der Waals surface area (Å²) in [6, 6.07) is 0. The predicted octanol–water partition coefficient (Wildman–Crippen LogP) is 0.752.